The van der Waals surface area contributed by atoms with Crippen molar-refractivity contribution in [2.45, 2.75) is 18.7 Å². The minimum Gasteiger partial charge on any atom is -0.480 e. The van der Waals surface area contributed by atoms with E-state index < -0.39 is 33.5 Å². The molecule has 1 heterocycles. The fraction of sp³-hybridized carbons (Fsp3) is 0.400. The molecule has 1 aromatic rings. The summed E-state index contributed by atoms with van der Waals surface area (Å²) in [5.41, 5.74) is 0. The van der Waals surface area contributed by atoms with Crippen LogP contribution in [0, 0.1) is 0 Å². The Kier molecular flexibility index (Phi) is 5.33. The molecular weight excluding hydrogens is 314 g/mol. The first-order chi connectivity index (χ1) is 8.69. The highest BCUT2D eigenvalue weighted by molar-refractivity contribution is 7.90. The maximum atomic E-state index is 11.9. The smallest absolute Gasteiger partial charge is 0.327 e. The zero-order valence-corrected chi connectivity index (χ0v) is 12.3. The van der Waals surface area contributed by atoms with Gasteiger partial charge in [0, 0.05) is 11.8 Å². The van der Waals surface area contributed by atoms with Gasteiger partial charge in [-0.15, -0.1) is 11.3 Å². The van der Waals surface area contributed by atoms with Crippen molar-refractivity contribution in [2.24, 2.45) is 0 Å². The van der Waals surface area contributed by atoms with Gasteiger partial charge in [0.2, 0.25) is 5.91 Å². The van der Waals surface area contributed by atoms with Gasteiger partial charge in [-0.25, -0.2) is 13.2 Å². The summed E-state index contributed by atoms with van der Waals surface area (Å²) >= 11 is 6.80. The van der Waals surface area contributed by atoms with Crippen LogP contribution in [0.15, 0.2) is 12.1 Å². The molecule has 106 valence electrons. The zero-order chi connectivity index (χ0) is 14.6. The van der Waals surface area contributed by atoms with Crippen LogP contribution in [0.4, 0.5) is 0 Å². The van der Waals surface area contributed by atoms with E-state index in [-0.39, 0.29) is 5.75 Å². The van der Waals surface area contributed by atoms with E-state index >= 15 is 0 Å². The summed E-state index contributed by atoms with van der Waals surface area (Å²) in [6.45, 7) is 1.13. The molecule has 1 unspecified atom stereocenters. The molecule has 19 heavy (non-hydrogen) atoms. The number of carboxylic acids is 1. The number of amides is 1. The second-order valence-electron chi connectivity index (χ2n) is 3.85. The summed E-state index contributed by atoms with van der Waals surface area (Å²) in [6, 6.07) is 1.69. The van der Waals surface area contributed by atoms with Crippen LogP contribution in [0.3, 0.4) is 0 Å². The van der Waals surface area contributed by atoms with Gasteiger partial charge >= 0.3 is 5.97 Å². The number of halogens is 1. The number of carbonyl (C=O) groups is 2. The third-order valence-electron chi connectivity index (χ3n) is 2.09. The molecule has 0 radical (unpaired) electrons. The summed E-state index contributed by atoms with van der Waals surface area (Å²) in [5.74, 6) is -2.93. The average molecular weight is 326 g/mol. The van der Waals surface area contributed by atoms with Crippen molar-refractivity contribution in [3.8, 4) is 0 Å². The number of sulfone groups is 1. The highest BCUT2D eigenvalue weighted by atomic mass is 35.5. The Morgan fingerprint density at radius 1 is 1.47 bits per heavy atom. The molecule has 2 N–H and O–H groups in total. The van der Waals surface area contributed by atoms with Crippen molar-refractivity contribution < 1.29 is 23.1 Å². The van der Waals surface area contributed by atoms with Crippen LogP contribution in [0.25, 0.3) is 0 Å². The number of thiophene rings is 1. The first kappa shape index (κ1) is 15.9. The Morgan fingerprint density at radius 2 is 2.11 bits per heavy atom. The summed E-state index contributed by atoms with van der Waals surface area (Å²) in [4.78, 5) is 22.2. The lowest BCUT2D eigenvalue weighted by Crippen LogP contribution is -2.44. The van der Waals surface area contributed by atoms with Gasteiger partial charge in [-0.05, 0) is 12.1 Å². The van der Waals surface area contributed by atoms with E-state index in [4.69, 9.17) is 16.7 Å². The molecule has 0 aromatic carbocycles. The topological polar surface area (TPSA) is 101 Å². The number of carboxylic acid groups (broad SMARTS) is 1. The Morgan fingerprint density at radius 3 is 2.53 bits per heavy atom. The van der Waals surface area contributed by atoms with Gasteiger partial charge in [0.1, 0.15) is 6.04 Å². The van der Waals surface area contributed by atoms with Crippen LogP contribution in [0.2, 0.25) is 4.34 Å². The van der Waals surface area contributed by atoms with E-state index in [1.165, 1.54) is 0 Å². The van der Waals surface area contributed by atoms with Gasteiger partial charge in [-0.2, -0.15) is 0 Å². The van der Waals surface area contributed by atoms with E-state index in [0.717, 1.165) is 18.3 Å². The lowest BCUT2D eigenvalue weighted by molar-refractivity contribution is -0.140. The molecule has 0 saturated heterocycles. The van der Waals surface area contributed by atoms with Crippen molar-refractivity contribution >= 4 is 44.7 Å². The van der Waals surface area contributed by atoms with Gasteiger partial charge in [0.25, 0.3) is 0 Å². The van der Waals surface area contributed by atoms with Gasteiger partial charge in [0.15, 0.2) is 9.84 Å². The summed E-state index contributed by atoms with van der Waals surface area (Å²) in [5, 5.41) is 10.9. The third kappa shape index (κ3) is 5.58. The zero-order valence-electron chi connectivity index (χ0n) is 9.92. The van der Waals surface area contributed by atoms with Gasteiger partial charge in [0.05, 0.1) is 15.8 Å². The Balaban J connectivity index is 2.76. The largest absolute Gasteiger partial charge is 0.480 e. The van der Waals surface area contributed by atoms with Crippen LogP contribution < -0.4 is 5.32 Å². The normalized spacial score (nSPS) is 12.9. The predicted octanol–water partition coefficient (Wildman–Crippen LogP) is 0.906. The molecule has 0 aliphatic carbocycles. The second kappa shape index (κ2) is 6.36. The average Bonchev–Trinajstić information content (AvgIpc) is 2.60. The second-order valence-corrected chi connectivity index (χ2v) is 7.76. The molecule has 0 saturated carbocycles. The fourth-order valence-corrected chi connectivity index (χ4v) is 4.42. The van der Waals surface area contributed by atoms with E-state index in [1.54, 1.807) is 12.1 Å². The van der Waals surface area contributed by atoms with Crippen LogP contribution >= 0.6 is 22.9 Å². The number of carbonyl (C=O) groups excluding carboxylic acids is 1. The van der Waals surface area contributed by atoms with E-state index in [1.807, 2.05) is 0 Å². The molecule has 0 bridgehead atoms. The van der Waals surface area contributed by atoms with Crippen molar-refractivity contribution in [3.05, 3.63) is 21.3 Å². The predicted molar refractivity (Wildman–Crippen MR) is 72.1 cm³/mol. The number of hydrogen-bond donors (Lipinski definition) is 2. The minimum atomic E-state index is -3.65. The molecule has 0 spiro atoms. The standard InChI is InChI=1S/C10H12ClNO5S2/c1-6(13)12-8(10(14)15)5-19(16,17)4-7-2-3-9(11)18-7/h2-3,8H,4-5H2,1H3,(H,12,13)(H,14,15). The number of nitrogens with one attached hydrogen (secondary N) is 1. The maximum Gasteiger partial charge on any atom is 0.327 e. The molecule has 1 amide bonds. The molecule has 1 atom stereocenters. The van der Waals surface area contributed by atoms with E-state index in [9.17, 15) is 18.0 Å². The molecule has 0 aliphatic heterocycles. The molecule has 9 heteroatoms. The van der Waals surface area contributed by atoms with Gasteiger partial charge < -0.3 is 10.4 Å². The van der Waals surface area contributed by atoms with Crippen LogP contribution in [0.5, 0.6) is 0 Å². The number of aliphatic carboxylic acids is 1. The van der Waals surface area contributed by atoms with E-state index in [2.05, 4.69) is 5.32 Å². The lowest BCUT2D eigenvalue weighted by atomic mass is 10.3. The summed E-state index contributed by atoms with van der Waals surface area (Å²) < 4.78 is 24.2. The third-order valence-corrected chi connectivity index (χ3v) is 5.09. The van der Waals surface area contributed by atoms with Crippen molar-refractivity contribution in [1.29, 1.82) is 0 Å². The maximum absolute atomic E-state index is 11.9. The Bertz CT molecular complexity index is 580. The molecule has 1 aromatic heterocycles. The number of hydrogen-bond acceptors (Lipinski definition) is 5. The first-order valence-corrected chi connectivity index (χ1v) is 8.16. The van der Waals surface area contributed by atoms with Gasteiger partial charge in [-0.1, -0.05) is 11.6 Å². The van der Waals surface area contributed by atoms with Crippen molar-refractivity contribution in [3.63, 3.8) is 0 Å². The minimum absolute atomic E-state index is 0.298. The SMILES string of the molecule is CC(=O)NC(CS(=O)(=O)Cc1ccc(Cl)s1)C(=O)O. The van der Waals surface area contributed by atoms with Gasteiger partial charge in [-0.3, -0.25) is 4.79 Å². The molecule has 0 aliphatic rings. The molecule has 0 fully saturated rings. The quantitative estimate of drug-likeness (QED) is 0.809. The molecule has 1 rings (SSSR count). The van der Waals surface area contributed by atoms with Crippen LogP contribution in [-0.2, 0) is 25.2 Å². The molecule has 6 nitrogen and oxygen atoms in total. The number of rotatable bonds is 6. The lowest BCUT2D eigenvalue weighted by Gasteiger charge is -2.13. The van der Waals surface area contributed by atoms with Crippen LogP contribution in [0.1, 0.15) is 11.8 Å². The summed E-state index contributed by atoms with van der Waals surface area (Å²) in [7, 11) is -3.65. The van der Waals surface area contributed by atoms with Crippen molar-refractivity contribution in [1.82, 2.24) is 5.32 Å². The van der Waals surface area contributed by atoms with Crippen molar-refractivity contribution in [2.75, 3.05) is 5.75 Å². The fourth-order valence-electron chi connectivity index (χ4n) is 1.38. The summed E-state index contributed by atoms with van der Waals surface area (Å²) in [6.07, 6.45) is 0. The Hall–Kier alpha value is -1.12. The first-order valence-electron chi connectivity index (χ1n) is 5.14. The molecular formula is C10H12ClNO5S2. The Labute approximate surface area is 119 Å². The highest BCUT2D eigenvalue weighted by Gasteiger charge is 2.26. The highest BCUT2D eigenvalue weighted by Crippen LogP contribution is 2.23. The monoisotopic (exact) mass is 325 g/mol. The van der Waals surface area contributed by atoms with E-state index in [0.29, 0.717) is 9.21 Å². The van der Waals surface area contributed by atoms with Crippen LogP contribution in [-0.4, -0.2) is 37.2 Å².